The van der Waals surface area contributed by atoms with Crippen LogP contribution in [0.5, 0.6) is 0 Å². The predicted molar refractivity (Wildman–Crippen MR) is 120 cm³/mol. The van der Waals surface area contributed by atoms with E-state index in [0.29, 0.717) is 43.1 Å². The average Bonchev–Trinajstić information content (AvgIpc) is 2.78. The standard InChI is InChI=1S/C21H21ClF7N3O3S/c1-21(13-10-14(23)12-30-11-13,20(34)31-15-6-8-35-9-7-15)32(19(33)18(22)24)16-2-4-17(5-3-16)36(25,26,27,28)29/h2-5,10-12,15,18H,6-9H2,1H3,(H,31,34)/t18-,21+/m0/s1. The van der Waals surface area contributed by atoms with Crippen LogP contribution in [0, 0.1) is 5.82 Å². The Kier molecular flexibility index (Phi) is 7.05. The molecule has 1 aliphatic rings. The molecule has 1 aliphatic heterocycles. The number of pyridine rings is 1. The van der Waals surface area contributed by atoms with Gasteiger partial charge in [-0.2, -0.15) is 0 Å². The molecular weight excluding hydrogens is 543 g/mol. The summed E-state index contributed by atoms with van der Waals surface area (Å²) in [6.45, 7) is 1.68. The summed E-state index contributed by atoms with van der Waals surface area (Å²) in [5.41, 5.74) is -5.98. The second kappa shape index (κ2) is 9.06. The summed E-state index contributed by atoms with van der Waals surface area (Å²) in [6.07, 6.45) is 2.53. The number of hydrogen-bond acceptors (Lipinski definition) is 4. The van der Waals surface area contributed by atoms with Crippen LogP contribution in [0.15, 0.2) is 47.6 Å². The number of ether oxygens (including phenoxy) is 1. The molecule has 1 aromatic heterocycles. The zero-order valence-corrected chi connectivity index (χ0v) is 20.1. The first kappa shape index (κ1) is 28.0. The molecule has 2 aromatic rings. The van der Waals surface area contributed by atoms with E-state index in [9.17, 15) is 37.8 Å². The molecule has 1 fully saturated rings. The minimum absolute atomic E-state index is 0.000730. The largest absolute Gasteiger partial charge is 0.381 e. The number of nitrogens with one attached hydrogen (secondary N) is 1. The molecule has 0 saturated carbocycles. The fourth-order valence-electron chi connectivity index (χ4n) is 3.76. The minimum Gasteiger partial charge on any atom is -0.381 e. The van der Waals surface area contributed by atoms with Crippen LogP contribution >= 0.6 is 21.8 Å². The summed E-state index contributed by atoms with van der Waals surface area (Å²) in [7, 11) is -10.1. The fourth-order valence-corrected chi connectivity index (χ4v) is 4.51. The summed E-state index contributed by atoms with van der Waals surface area (Å²) in [5, 5.41) is 2.65. The van der Waals surface area contributed by atoms with Gasteiger partial charge in [0.2, 0.25) is 0 Å². The Morgan fingerprint density at radius 3 is 2.22 bits per heavy atom. The third-order valence-electron chi connectivity index (χ3n) is 5.66. The number of rotatable bonds is 7. The Bertz CT molecular complexity index is 1150. The Labute approximate surface area is 206 Å². The SMILES string of the molecule is C[C@](C(=O)NC1CCOCC1)(c1cncc(F)c1)N(C(=O)[C@H](F)Cl)c1ccc(S(F)(F)(F)(F)F)cc1. The number of alkyl halides is 2. The molecule has 6 nitrogen and oxygen atoms in total. The lowest BCUT2D eigenvalue weighted by Gasteiger charge is -2.42. The first-order valence-electron chi connectivity index (χ1n) is 10.4. The van der Waals surface area contributed by atoms with Gasteiger partial charge < -0.3 is 10.1 Å². The molecule has 0 aliphatic carbocycles. The van der Waals surface area contributed by atoms with Crippen LogP contribution < -0.4 is 10.2 Å². The van der Waals surface area contributed by atoms with Gasteiger partial charge in [-0.05, 0) is 50.1 Å². The highest BCUT2D eigenvalue weighted by molar-refractivity contribution is 8.45. The molecular formula is C21H21ClF7N3O3S. The Morgan fingerprint density at radius 2 is 1.72 bits per heavy atom. The first-order chi connectivity index (χ1) is 16.4. The van der Waals surface area contributed by atoms with Crippen LogP contribution in [0.4, 0.5) is 33.9 Å². The fraction of sp³-hybridized carbons (Fsp3) is 0.381. The van der Waals surface area contributed by atoms with Crippen molar-refractivity contribution in [3.05, 3.63) is 54.1 Å². The van der Waals surface area contributed by atoms with Gasteiger partial charge in [-0.15, -0.1) is 0 Å². The number of aromatic nitrogens is 1. The molecule has 2 heterocycles. The van der Waals surface area contributed by atoms with E-state index in [0.717, 1.165) is 25.4 Å². The number of carbonyl (C=O) groups is 2. The maximum atomic E-state index is 14.1. The minimum atomic E-state index is -10.1. The van der Waals surface area contributed by atoms with Gasteiger partial charge in [0.1, 0.15) is 10.7 Å². The number of anilines is 1. The highest BCUT2D eigenvalue weighted by Crippen LogP contribution is 3.02. The van der Waals surface area contributed by atoms with Gasteiger partial charge >= 0.3 is 10.2 Å². The third kappa shape index (κ3) is 6.03. The lowest BCUT2D eigenvalue weighted by atomic mass is 9.88. The van der Waals surface area contributed by atoms with E-state index in [1.54, 1.807) is 0 Å². The average molecular weight is 564 g/mol. The van der Waals surface area contributed by atoms with E-state index < -0.39 is 55.7 Å². The molecule has 0 spiro atoms. The van der Waals surface area contributed by atoms with Gasteiger partial charge in [0.05, 0.1) is 6.20 Å². The first-order valence-corrected chi connectivity index (χ1v) is 12.8. The molecule has 1 saturated heterocycles. The molecule has 3 rings (SSSR count). The molecule has 1 N–H and O–H groups in total. The molecule has 0 radical (unpaired) electrons. The van der Waals surface area contributed by atoms with E-state index in [-0.39, 0.29) is 17.7 Å². The molecule has 0 bridgehead atoms. The van der Waals surface area contributed by atoms with Gasteiger partial charge in [-0.3, -0.25) is 19.5 Å². The molecule has 200 valence electrons. The lowest BCUT2D eigenvalue weighted by Crippen LogP contribution is -2.60. The van der Waals surface area contributed by atoms with Crippen molar-refractivity contribution in [3.63, 3.8) is 0 Å². The number of amides is 2. The summed E-state index contributed by atoms with van der Waals surface area (Å²) in [5.74, 6) is -3.51. The van der Waals surface area contributed by atoms with E-state index in [1.807, 2.05) is 0 Å². The predicted octanol–water partition coefficient (Wildman–Crippen LogP) is 5.96. The maximum absolute atomic E-state index is 14.1. The van der Waals surface area contributed by atoms with Crippen molar-refractivity contribution in [2.75, 3.05) is 18.1 Å². The smallest absolute Gasteiger partial charge is 0.310 e. The second-order valence-electron chi connectivity index (χ2n) is 8.26. The highest BCUT2D eigenvalue weighted by atomic mass is 35.5. The Balaban J connectivity index is 2.18. The monoisotopic (exact) mass is 563 g/mol. The van der Waals surface area contributed by atoms with E-state index in [2.05, 4.69) is 10.3 Å². The van der Waals surface area contributed by atoms with Gasteiger partial charge in [0.25, 0.3) is 17.4 Å². The van der Waals surface area contributed by atoms with Crippen molar-refractivity contribution in [2.45, 2.75) is 41.9 Å². The number of carbonyl (C=O) groups excluding carboxylic acids is 2. The van der Waals surface area contributed by atoms with Crippen molar-refractivity contribution in [1.29, 1.82) is 0 Å². The van der Waals surface area contributed by atoms with Gasteiger partial charge in [-0.1, -0.05) is 31.0 Å². The van der Waals surface area contributed by atoms with E-state index in [4.69, 9.17) is 16.3 Å². The third-order valence-corrected chi connectivity index (χ3v) is 7.01. The maximum Gasteiger partial charge on any atom is 0.310 e. The molecule has 15 heteroatoms. The lowest BCUT2D eigenvalue weighted by molar-refractivity contribution is -0.132. The summed E-state index contributed by atoms with van der Waals surface area (Å²) >= 11 is 5.35. The molecule has 36 heavy (non-hydrogen) atoms. The van der Waals surface area contributed by atoms with Crippen LogP contribution in [0.3, 0.4) is 0 Å². The summed E-state index contributed by atoms with van der Waals surface area (Å²) < 4.78 is 99.5. The van der Waals surface area contributed by atoms with Crippen molar-refractivity contribution in [1.82, 2.24) is 10.3 Å². The summed E-state index contributed by atoms with van der Waals surface area (Å²) in [6, 6.07) is 1.30. The molecule has 2 atom stereocenters. The van der Waals surface area contributed by atoms with Crippen molar-refractivity contribution >= 4 is 39.3 Å². The number of benzene rings is 1. The summed E-state index contributed by atoms with van der Waals surface area (Å²) in [4.78, 5) is 28.2. The Morgan fingerprint density at radius 1 is 1.14 bits per heavy atom. The van der Waals surface area contributed by atoms with Crippen molar-refractivity contribution < 1.29 is 42.5 Å². The van der Waals surface area contributed by atoms with Crippen molar-refractivity contribution in [3.8, 4) is 0 Å². The second-order valence-corrected chi connectivity index (χ2v) is 11.1. The van der Waals surface area contributed by atoms with Crippen molar-refractivity contribution in [2.24, 2.45) is 0 Å². The zero-order chi connectivity index (χ0) is 27.0. The van der Waals surface area contributed by atoms with E-state index >= 15 is 0 Å². The van der Waals surface area contributed by atoms with Crippen LogP contribution in [0.1, 0.15) is 25.3 Å². The van der Waals surface area contributed by atoms with Crippen LogP contribution in [-0.4, -0.2) is 41.7 Å². The van der Waals surface area contributed by atoms with Gasteiger partial charge in [0, 0.05) is 36.7 Å². The molecule has 2 amide bonds. The van der Waals surface area contributed by atoms with Crippen LogP contribution in [0.2, 0.25) is 0 Å². The Hall–Kier alpha value is -2.58. The van der Waals surface area contributed by atoms with Crippen LogP contribution in [-0.2, 0) is 19.9 Å². The molecule has 0 unspecified atom stereocenters. The topological polar surface area (TPSA) is 71.5 Å². The molecule has 1 aromatic carbocycles. The van der Waals surface area contributed by atoms with Crippen LogP contribution in [0.25, 0.3) is 0 Å². The zero-order valence-electron chi connectivity index (χ0n) is 18.6. The number of halogens is 8. The quantitative estimate of drug-likeness (QED) is 0.333. The number of nitrogens with zero attached hydrogens (tertiary/aromatic N) is 2. The van der Waals surface area contributed by atoms with E-state index in [1.165, 1.54) is 0 Å². The van der Waals surface area contributed by atoms with Gasteiger partial charge in [0.15, 0.2) is 5.54 Å². The highest BCUT2D eigenvalue weighted by Gasteiger charge is 2.65. The number of hydrogen-bond donors (Lipinski definition) is 1. The van der Waals surface area contributed by atoms with Gasteiger partial charge in [-0.25, -0.2) is 8.78 Å². The normalized spacial score (nSPS) is 19.4.